The van der Waals surface area contributed by atoms with Crippen molar-refractivity contribution in [1.82, 2.24) is 15.0 Å². The second kappa shape index (κ2) is 8.28. The maximum absolute atomic E-state index is 14.2. The topological polar surface area (TPSA) is 146 Å². The van der Waals surface area contributed by atoms with Gasteiger partial charge < -0.3 is 15.8 Å². The zero-order valence-corrected chi connectivity index (χ0v) is 19.2. The van der Waals surface area contributed by atoms with E-state index >= 15 is 0 Å². The van der Waals surface area contributed by atoms with Gasteiger partial charge in [0.2, 0.25) is 16.0 Å². The van der Waals surface area contributed by atoms with E-state index in [1.807, 2.05) is 6.20 Å². The summed E-state index contributed by atoms with van der Waals surface area (Å²) >= 11 is 1.53. The van der Waals surface area contributed by atoms with Crippen molar-refractivity contribution in [3.05, 3.63) is 53.0 Å². The monoisotopic (exact) mass is 490 g/mol. The Labute approximate surface area is 194 Å². The average molecular weight is 491 g/mol. The minimum atomic E-state index is -3.97. The van der Waals surface area contributed by atoms with Gasteiger partial charge in [-0.1, -0.05) is 11.3 Å². The van der Waals surface area contributed by atoms with Crippen molar-refractivity contribution in [2.24, 2.45) is 10.9 Å². The van der Waals surface area contributed by atoms with Crippen LogP contribution >= 0.6 is 11.3 Å². The van der Waals surface area contributed by atoms with Gasteiger partial charge in [0, 0.05) is 23.5 Å². The normalized spacial score (nSPS) is 21.7. The third-order valence-corrected chi connectivity index (χ3v) is 8.26. The quantitative estimate of drug-likeness (QED) is 0.458. The molecule has 0 aliphatic heterocycles. The molecule has 12 heteroatoms. The van der Waals surface area contributed by atoms with Crippen LogP contribution in [0.5, 0.6) is 5.19 Å². The number of anilines is 2. The predicted molar refractivity (Wildman–Crippen MR) is 121 cm³/mol. The summed E-state index contributed by atoms with van der Waals surface area (Å²) in [5.41, 5.74) is 7.16. The Kier molecular flexibility index (Phi) is 5.55. The number of hydrogen-bond donors (Lipinski definition) is 3. The molecule has 3 aromatic rings. The van der Waals surface area contributed by atoms with Crippen LogP contribution in [0.1, 0.15) is 48.5 Å². The second-order valence-corrected chi connectivity index (χ2v) is 11.1. The molecular formula is C21H23FN6O3S2. The van der Waals surface area contributed by atoms with Gasteiger partial charge in [-0.05, 0) is 61.8 Å². The number of benzene rings is 1. The van der Waals surface area contributed by atoms with Gasteiger partial charge in [0.05, 0.1) is 16.1 Å². The van der Waals surface area contributed by atoms with Gasteiger partial charge in [-0.25, -0.2) is 32.9 Å². The highest BCUT2D eigenvalue weighted by atomic mass is 32.2. The van der Waals surface area contributed by atoms with Gasteiger partial charge in [0.15, 0.2) is 0 Å². The summed E-state index contributed by atoms with van der Waals surface area (Å²) in [4.78, 5) is 13.7. The van der Waals surface area contributed by atoms with Crippen LogP contribution in [0.25, 0.3) is 0 Å². The second-order valence-electron chi connectivity index (χ2n) is 8.56. The van der Waals surface area contributed by atoms with E-state index in [2.05, 4.69) is 20.3 Å². The number of halogens is 1. The highest BCUT2D eigenvalue weighted by molar-refractivity contribution is 7.89. The number of nitrogens with zero attached hydrogens (tertiary/aromatic N) is 3. The van der Waals surface area contributed by atoms with Crippen molar-refractivity contribution in [1.29, 1.82) is 0 Å². The van der Waals surface area contributed by atoms with Gasteiger partial charge >= 0.3 is 0 Å². The van der Waals surface area contributed by atoms with E-state index in [1.165, 1.54) is 23.5 Å². The summed E-state index contributed by atoms with van der Waals surface area (Å²) in [5.74, 6) is -0.284. The third-order valence-electron chi connectivity index (χ3n) is 6.24. The fourth-order valence-corrected chi connectivity index (χ4v) is 5.45. The van der Waals surface area contributed by atoms with Crippen LogP contribution < -0.4 is 20.9 Å². The van der Waals surface area contributed by atoms with Crippen LogP contribution in [0, 0.1) is 5.82 Å². The molecule has 9 nitrogen and oxygen atoms in total. The molecule has 0 spiro atoms. The number of rotatable bonds is 7. The number of hydrogen-bond acceptors (Lipinski definition) is 9. The Morgan fingerprint density at radius 2 is 1.88 bits per heavy atom. The Bertz CT molecular complexity index is 1270. The third kappa shape index (κ3) is 4.56. The lowest BCUT2D eigenvalue weighted by Crippen LogP contribution is -2.42. The summed E-state index contributed by atoms with van der Waals surface area (Å²) in [5, 5.41) is 8.42. The largest absolute Gasteiger partial charge is 0.467 e. The van der Waals surface area contributed by atoms with Crippen LogP contribution in [0.2, 0.25) is 0 Å². The van der Waals surface area contributed by atoms with Crippen molar-refractivity contribution < 1.29 is 17.5 Å². The molecule has 2 aliphatic rings. The number of sulfonamides is 1. The first-order valence-electron chi connectivity index (χ1n) is 10.5. The molecule has 5 N–H and O–H groups in total. The van der Waals surface area contributed by atoms with Crippen molar-refractivity contribution in [2.75, 3.05) is 5.32 Å². The van der Waals surface area contributed by atoms with Gasteiger partial charge in [-0.15, -0.1) is 0 Å². The molecule has 33 heavy (non-hydrogen) atoms. The zero-order valence-electron chi connectivity index (χ0n) is 17.6. The molecule has 2 aliphatic carbocycles. The predicted octanol–water partition coefficient (Wildman–Crippen LogP) is 3.13. The Morgan fingerprint density at radius 1 is 1.15 bits per heavy atom. The molecular weight excluding hydrogens is 467 g/mol. The molecule has 0 unspecified atom stereocenters. The Balaban J connectivity index is 1.15. The first-order valence-corrected chi connectivity index (χ1v) is 12.9. The summed E-state index contributed by atoms with van der Waals surface area (Å²) in [7, 11) is -3.97. The number of nitrogens with one attached hydrogen (secondary N) is 1. The Hall–Kier alpha value is -2.67. The van der Waals surface area contributed by atoms with E-state index in [-0.39, 0.29) is 34.1 Å². The van der Waals surface area contributed by atoms with Crippen molar-refractivity contribution >= 4 is 33.0 Å². The fourth-order valence-electron chi connectivity index (χ4n) is 3.93. The summed E-state index contributed by atoms with van der Waals surface area (Å²) in [6.07, 6.45) is 10.1. The van der Waals surface area contributed by atoms with Crippen LogP contribution in [-0.4, -0.2) is 29.5 Å². The summed E-state index contributed by atoms with van der Waals surface area (Å²) < 4.78 is 42.8. The zero-order chi connectivity index (χ0) is 23.2. The molecule has 5 rings (SSSR count). The molecule has 2 heterocycles. The lowest BCUT2D eigenvalue weighted by molar-refractivity contribution is 0.0979. The van der Waals surface area contributed by atoms with Crippen LogP contribution in [0.4, 0.5) is 16.0 Å². The van der Waals surface area contributed by atoms with Gasteiger partial charge in [-0.2, -0.15) is 0 Å². The molecule has 174 valence electrons. The maximum atomic E-state index is 14.2. The molecule has 0 radical (unpaired) electrons. The van der Waals surface area contributed by atoms with E-state index in [1.54, 1.807) is 12.4 Å². The van der Waals surface area contributed by atoms with Crippen LogP contribution in [0.3, 0.4) is 0 Å². The lowest BCUT2D eigenvalue weighted by atomic mass is 9.77. The van der Waals surface area contributed by atoms with E-state index < -0.39 is 15.8 Å². The SMILES string of the molecule is NC1(c2cnc(OC3CC(c4cnc(Nc5ccc(S(N)(=O)=O)cc5F)nc4)C3)s2)CCC1. The van der Waals surface area contributed by atoms with Crippen LogP contribution in [0.15, 0.2) is 41.7 Å². The number of primary sulfonamides is 1. The smallest absolute Gasteiger partial charge is 0.273 e. The first kappa shape index (κ1) is 22.1. The maximum Gasteiger partial charge on any atom is 0.273 e. The highest BCUT2D eigenvalue weighted by Crippen LogP contribution is 2.44. The molecule has 2 aromatic heterocycles. The average Bonchev–Trinajstić information content (AvgIpc) is 3.19. The molecule has 0 amide bonds. The standard InChI is InChI=1S/C21H23FN6O3S2/c22-16-8-15(33(24,29)30)2-3-17(16)28-19-25-9-13(10-26-19)12-6-14(7-12)31-20-27-11-18(32-20)21(23)4-1-5-21/h2-3,8-12,14H,1,4-7,23H2,(H2,24,29,30)(H,25,26,28). The first-order chi connectivity index (χ1) is 15.7. The van der Waals surface area contributed by atoms with E-state index in [0.717, 1.165) is 48.6 Å². The Morgan fingerprint density at radius 3 is 2.48 bits per heavy atom. The number of aromatic nitrogens is 3. The van der Waals surface area contributed by atoms with E-state index in [9.17, 15) is 12.8 Å². The summed E-state index contributed by atoms with van der Waals surface area (Å²) in [6.45, 7) is 0. The van der Waals surface area contributed by atoms with Gasteiger partial charge in [0.1, 0.15) is 11.9 Å². The number of ether oxygens (including phenoxy) is 1. The molecule has 0 saturated heterocycles. The number of nitrogens with two attached hydrogens (primary N) is 2. The van der Waals surface area contributed by atoms with E-state index in [4.69, 9.17) is 15.6 Å². The summed E-state index contributed by atoms with van der Waals surface area (Å²) in [6, 6.07) is 3.35. The van der Waals surface area contributed by atoms with E-state index in [0.29, 0.717) is 5.19 Å². The fraction of sp³-hybridized carbons (Fsp3) is 0.381. The molecule has 2 fully saturated rings. The lowest BCUT2D eigenvalue weighted by Gasteiger charge is -2.36. The number of thiazole rings is 1. The van der Waals surface area contributed by atoms with Gasteiger partial charge in [0.25, 0.3) is 5.19 Å². The minimum absolute atomic E-state index is 0.0521. The van der Waals surface area contributed by atoms with Crippen molar-refractivity contribution in [3.8, 4) is 5.19 Å². The molecule has 0 atom stereocenters. The van der Waals surface area contributed by atoms with Crippen LogP contribution in [-0.2, 0) is 15.6 Å². The molecule has 0 bridgehead atoms. The van der Waals surface area contributed by atoms with Gasteiger partial charge in [-0.3, -0.25) is 0 Å². The van der Waals surface area contributed by atoms with Crippen molar-refractivity contribution in [2.45, 2.75) is 54.6 Å². The minimum Gasteiger partial charge on any atom is -0.467 e. The highest BCUT2D eigenvalue weighted by Gasteiger charge is 2.37. The molecule has 1 aromatic carbocycles. The van der Waals surface area contributed by atoms with Crippen molar-refractivity contribution in [3.63, 3.8) is 0 Å². The molecule has 2 saturated carbocycles.